The molecular weight excluding hydrogens is 206 g/mol. The first-order chi connectivity index (χ1) is 6.29. The minimum Gasteiger partial charge on any atom is -0.351 e. The molecule has 1 aromatic rings. The van der Waals surface area contributed by atoms with Gasteiger partial charge in [0.15, 0.2) is 0 Å². The number of thioether (sulfide) groups is 1. The molecule has 0 saturated carbocycles. The summed E-state index contributed by atoms with van der Waals surface area (Å²) in [4.78, 5) is 12.4. The maximum absolute atomic E-state index is 11.5. The van der Waals surface area contributed by atoms with Crippen molar-refractivity contribution in [3.05, 3.63) is 28.8 Å². The highest BCUT2D eigenvalue weighted by Gasteiger charge is 2.16. The van der Waals surface area contributed by atoms with Gasteiger partial charge < -0.3 is 5.32 Å². The molecule has 1 aliphatic heterocycles. The molecule has 0 aliphatic carbocycles. The zero-order chi connectivity index (χ0) is 9.26. The number of hydrogen-bond donors (Lipinski definition) is 1. The van der Waals surface area contributed by atoms with Crippen molar-refractivity contribution in [3.63, 3.8) is 0 Å². The lowest BCUT2D eigenvalue weighted by atomic mass is 10.2. The molecule has 0 spiro atoms. The van der Waals surface area contributed by atoms with E-state index in [1.165, 1.54) is 0 Å². The van der Waals surface area contributed by atoms with Gasteiger partial charge in [0, 0.05) is 17.2 Å². The predicted molar refractivity (Wildman–Crippen MR) is 54.5 cm³/mol. The Hall–Kier alpha value is -0.670. The second-order valence-corrected chi connectivity index (χ2v) is 4.23. The Morgan fingerprint density at radius 2 is 2.31 bits per heavy atom. The Morgan fingerprint density at radius 3 is 3.15 bits per heavy atom. The van der Waals surface area contributed by atoms with Gasteiger partial charge in [-0.15, -0.1) is 11.8 Å². The molecule has 0 fully saturated rings. The number of fused-ring (bicyclic) bond motifs is 1. The summed E-state index contributed by atoms with van der Waals surface area (Å²) < 4.78 is 0. The van der Waals surface area contributed by atoms with E-state index in [-0.39, 0.29) is 5.91 Å². The second kappa shape index (κ2) is 3.60. The number of nitrogens with one attached hydrogen (secondary N) is 1. The highest BCUT2D eigenvalue weighted by Crippen LogP contribution is 2.31. The molecule has 0 saturated heterocycles. The van der Waals surface area contributed by atoms with Crippen LogP contribution in [0.3, 0.4) is 0 Å². The lowest BCUT2D eigenvalue weighted by Crippen LogP contribution is -2.23. The second-order valence-electron chi connectivity index (χ2n) is 2.72. The molecule has 0 unspecified atom stereocenters. The molecule has 2 nitrogen and oxygen atoms in total. The van der Waals surface area contributed by atoms with Gasteiger partial charge in [-0.25, -0.2) is 0 Å². The lowest BCUT2D eigenvalue weighted by Gasteiger charge is -2.04. The first-order valence-electron chi connectivity index (χ1n) is 3.98. The number of carbonyl (C=O) groups excluding carboxylic acids is 1. The van der Waals surface area contributed by atoms with Crippen LogP contribution in [0.1, 0.15) is 10.4 Å². The van der Waals surface area contributed by atoms with Crippen LogP contribution < -0.4 is 5.32 Å². The van der Waals surface area contributed by atoms with Crippen LogP contribution in [0, 0.1) is 0 Å². The largest absolute Gasteiger partial charge is 0.351 e. The Balaban J connectivity index is 2.54. The van der Waals surface area contributed by atoms with Crippen LogP contribution in [0.15, 0.2) is 23.1 Å². The molecule has 0 atom stereocenters. The molecule has 1 amide bonds. The zero-order valence-electron chi connectivity index (χ0n) is 6.84. The van der Waals surface area contributed by atoms with Crippen LogP contribution in [0.25, 0.3) is 0 Å². The number of amides is 1. The van der Waals surface area contributed by atoms with Crippen LogP contribution >= 0.6 is 23.4 Å². The van der Waals surface area contributed by atoms with Crippen molar-refractivity contribution in [1.82, 2.24) is 5.32 Å². The fourth-order valence-electron chi connectivity index (χ4n) is 1.25. The monoisotopic (exact) mass is 213 g/mol. The van der Waals surface area contributed by atoms with Crippen molar-refractivity contribution < 1.29 is 4.79 Å². The van der Waals surface area contributed by atoms with Crippen LogP contribution in [-0.2, 0) is 0 Å². The Labute approximate surface area is 85.7 Å². The first-order valence-corrected chi connectivity index (χ1v) is 5.35. The zero-order valence-corrected chi connectivity index (χ0v) is 8.41. The Bertz CT molecular complexity index is 353. The molecule has 13 heavy (non-hydrogen) atoms. The third-order valence-electron chi connectivity index (χ3n) is 1.85. The van der Waals surface area contributed by atoms with Crippen molar-refractivity contribution in [1.29, 1.82) is 0 Å². The number of benzene rings is 1. The fraction of sp³-hybridized carbons (Fsp3) is 0.222. The van der Waals surface area contributed by atoms with Gasteiger partial charge in [0.25, 0.3) is 5.91 Å². The average Bonchev–Trinajstić information content (AvgIpc) is 2.30. The molecule has 0 bridgehead atoms. The molecule has 0 radical (unpaired) electrons. The quantitative estimate of drug-likeness (QED) is 0.716. The smallest absolute Gasteiger partial charge is 0.252 e. The fourth-order valence-corrected chi connectivity index (χ4v) is 2.52. The summed E-state index contributed by atoms with van der Waals surface area (Å²) in [5, 5.41) is 3.48. The van der Waals surface area contributed by atoms with E-state index in [0.717, 1.165) is 10.6 Å². The normalized spacial score (nSPS) is 15.9. The number of carbonyl (C=O) groups is 1. The molecule has 1 heterocycles. The average molecular weight is 214 g/mol. The summed E-state index contributed by atoms with van der Waals surface area (Å²) in [6.07, 6.45) is 0. The van der Waals surface area contributed by atoms with E-state index in [1.54, 1.807) is 23.9 Å². The topological polar surface area (TPSA) is 29.1 Å². The van der Waals surface area contributed by atoms with E-state index in [4.69, 9.17) is 11.6 Å². The van der Waals surface area contributed by atoms with E-state index in [2.05, 4.69) is 5.32 Å². The van der Waals surface area contributed by atoms with Gasteiger partial charge in [-0.2, -0.15) is 0 Å². The van der Waals surface area contributed by atoms with E-state index in [9.17, 15) is 4.79 Å². The maximum atomic E-state index is 11.5. The Kier molecular flexibility index (Phi) is 2.47. The SMILES string of the molecule is O=C1NCCSc2c(Cl)cccc21. The summed E-state index contributed by atoms with van der Waals surface area (Å²) in [6, 6.07) is 5.41. The van der Waals surface area contributed by atoms with E-state index in [1.807, 2.05) is 6.07 Å². The molecule has 4 heteroatoms. The molecule has 1 aromatic carbocycles. The third kappa shape index (κ3) is 1.67. The Morgan fingerprint density at radius 1 is 1.46 bits per heavy atom. The summed E-state index contributed by atoms with van der Waals surface area (Å²) >= 11 is 7.60. The van der Waals surface area contributed by atoms with Crippen LogP contribution in [0.5, 0.6) is 0 Å². The van der Waals surface area contributed by atoms with Crippen LogP contribution in [0.2, 0.25) is 5.02 Å². The number of halogens is 1. The highest BCUT2D eigenvalue weighted by atomic mass is 35.5. The van der Waals surface area contributed by atoms with E-state index >= 15 is 0 Å². The highest BCUT2D eigenvalue weighted by molar-refractivity contribution is 7.99. The summed E-state index contributed by atoms with van der Waals surface area (Å²) in [7, 11) is 0. The minimum absolute atomic E-state index is 0.0255. The van der Waals surface area contributed by atoms with Gasteiger partial charge in [0.05, 0.1) is 10.6 Å². The van der Waals surface area contributed by atoms with Gasteiger partial charge in [-0.1, -0.05) is 17.7 Å². The summed E-state index contributed by atoms with van der Waals surface area (Å²) in [6.45, 7) is 0.703. The molecule has 1 N–H and O–H groups in total. The number of hydrogen-bond acceptors (Lipinski definition) is 2. The first kappa shape index (κ1) is 8.91. The summed E-state index contributed by atoms with van der Waals surface area (Å²) in [5.41, 5.74) is 0.690. The molecule has 0 aromatic heterocycles. The van der Waals surface area contributed by atoms with E-state index < -0.39 is 0 Å². The van der Waals surface area contributed by atoms with Crippen molar-refractivity contribution in [2.45, 2.75) is 4.90 Å². The molecule has 2 rings (SSSR count). The van der Waals surface area contributed by atoms with Crippen molar-refractivity contribution in [2.75, 3.05) is 12.3 Å². The van der Waals surface area contributed by atoms with Crippen molar-refractivity contribution in [3.8, 4) is 0 Å². The van der Waals surface area contributed by atoms with Crippen molar-refractivity contribution >= 4 is 29.3 Å². The van der Waals surface area contributed by atoms with Crippen LogP contribution in [-0.4, -0.2) is 18.2 Å². The summed E-state index contributed by atoms with van der Waals surface area (Å²) in [5.74, 6) is 0.852. The number of rotatable bonds is 0. The van der Waals surface area contributed by atoms with Gasteiger partial charge >= 0.3 is 0 Å². The van der Waals surface area contributed by atoms with Gasteiger partial charge in [-0.3, -0.25) is 4.79 Å². The third-order valence-corrected chi connectivity index (χ3v) is 3.41. The molecule has 68 valence electrons. The maximum Gasteiger partial charge on any atom is 0.252 e. The molecule has 1 aliphatic rings. The molecular formula is C9H8ClNOS. The van der Waals surface area contributed by atoms with Gasteiger partial charge in [0.2, 0.25) is 0 Å². The van der Waals surface area contributed by atoms with Gasteiger partial charge in [-0.05, 0) is 12.1 Å². The minimum atomic E-state index is -0.0255. The standard InChI is InChI=1S/C9H8ClNOS/c10-7-3-1-2-6-8(7)13-5-4-11-9(6)12/h1-3H,4-5H2,(H,11,12). The van der Waals surface area contributed by atoms with E-state index in [0.29, 0.717) is 17.1 Å². The lowest BCUT2D eigenvalue weighted by molar-refractivity contribution is 0.0954. The van der Waals surface area contributed by atoms with Crippen molar-refractivity contribution in [2.24, 2.45) is 0 Å². The van der Waals surface area contributed by atoms with Crippen LogP contribution in [0.4, 0.5) is 0 Å². The predicted octanol–water partition coefficient (Wildman–Crippen LogP) is 2.18. The van der Waals surface area contributed by atoms with Gasteiger partial charge in [0.1, 0.15) is 0 Å².